The zero-order chi connectivity index (χ0) is 14.5. The SMILES string of the molecule is CCN(CC(O)c1ccccc1C)c1cccc(F)c1. The number of likely N-dealkylation sites (N-methyl/N-ethyl adjacent to an activating group) is 1. The van der Waals surface area contributed by atoms with Gasteiger partial charge in [0.05, 0.1) is 6.10 Å². The summed E-state index contributed by atoms with van der Waals surface area (Å²) in [5.41, 5.74) is 2.78. The maximum absolute atomic E-state index is 13.3. The molecule has 0 spiro atoms. The monoisotopic (exact) mass is 273 g/mol. The number of hydrogen-bond donors (Lipinski definition) is 1. The number of aryl methyl sites for hydroxylation is 1. The molecule has 0 saturated heterocycles. The highest BCUT2D eigenvalue weighted by molar-refractivity contribution is 5.47. The van der Waals surface area contributed by atoms with E-state index in [4.69, 9.17) is 0 Å². The average molecular weight is 273 g/mol. The van der Waals surface area contributed by atoms with Gasteiger partial charge in [-0.25, -0.2) is 4.39 Å². The number of nitrogens with zero attached hydrogens (tertiary/aromatic N) is 1. The molecule has 0 radical (unpaired) electrons. The molecular formula is C17H20FNO. The molecule has 0 bridgehead atoms. The first-order chi connectivity index (χ1) is 9.61. The molecule has 0 amide bonds. The molecule has 0 aliphatic carbocycles. The van der Waals surface area contributed by atoms with Crippen molar-refractivity contribution in [3.05, 3.63) is 65.5 Å². The van der Waals surface area contributed by atoms with E-state index in [-0.39, 0.29) is 5.82 Å². The van der Waals surface area contributed by atoms with Crippen LogP contribution in [0.3, 0.4) is 0 Å². The molecule has 1 N–H and O–H groups in total. The minimum absolute atomic E-state index is 0.258. The Hall–Kier alpha value is -1.87. The van der Waals surface area contributed by atoms with Gasteiger partial charge in [-0.05, 0) is 43.2 Å². The lowest BCUT2D eigenvalue weighted by Gasteiger charge is -2.26. The van der Waals surface area contributed by atoms with Gasteiger partial charge in [0.2, 0.25) is 0 Å². The number of aliphatic hydroxyl groups excluding tert-OH is 1. The van der Waals surface area contributed by atoms with E-state index < -0.39 is 6.10 Å². The average Bonchev–Trinajstić information content (AvgIpc) is 2.45. The highest BCUT2D eigenvalue weighted by Gasteiger charge is 2.14. The van der Waals surface area contributed by atoms with Crippen LogP contribution in [0, 0.1) is 12.7 Å². The van der Waals surface area contributed by atoms with Gasteiger partial charge in [0.15, 0.2) is 0 Å². The van der Waals surface area contributed by atoms with Crippen molar-refractivity contribution < 1.29 is 9.50 Å². The van der Waals surface area contributed by atoms with Crippen LogP contribution in [0.5, 0.6) is 0 Å². The molecule has 2 aromatic carbocycles. The second kappa shape index (κ2) is 6.53. The van der Waals surface area contributed by atoms with Gasteiger partial charge >= 0.3 is 0 Å². The maximum Gasteiger partial charge on any atom is 0.125 e. The van der Waals surface area contributed by atoms with E-state index in [1.807, 2.05) is 49.1 Å². The molecule has 0 aliphatic rings. The number of aliphatic hydroxyl groups is 1. The summed E-state index contributed by atoms with van der Waals surface area (Å²) in [4.78, 5) is 1.97. The number of hydrogen-bond acceptors (Lipinski definition) is 2. The van der Waals surface area contributed by atoms with Crippen molar-refractivity contribution in [2.75, 3.05) is 18.0 Å². The molecule has 2 rings (SSSR count). The lowest BCUT2D eigenvalue weighted by Crippen LogP contribution is -2.28. The first-order valence-corrected chi connectivity index (χ1v) is 6.86. The van der Waals surface area contributed by atoms with Gasteiger partial charge in [-0.1, -0.05) is 30.3 Å². The summed E-state index contributed by atoms with van der Waals surface area (Å²) in [6.45, 7) is 5.14. The van der Waals surface area contributed by atoms with Crippen molar-refractivity contribution in [1.82, 2.24) is 0 Å². The van der Waals surface area contributed by atoms with Gasteiger partial charge in [-0.2, -0.15) is 0 Å². The molecule has 106 valence electrons. The first-order valence-electron chi connectivity index (χ1n) is 6.86. The van der Waals surface area contributed by atoms with E-state index in [1.54, 1.807) is 6.07 Å². The van der Waals surface area contributed by atoms with Crippen LogP contribution >= 0.6 is 0 Å². The molecule has 0 saturated carbocycles. The highest BCUT2D eigenvalue weighted by atomic mass is 19.1. The summed E-state index contributed by atoms with van der Waals surface area (Å²) in [7, 11) is 0. The van der Waals surface area contributed by atoms with E-state index in [9.17, 15) is 9.50 Å². The molecule has 1 unspecified atom stereocenters. The molecule has 0 fully saturated rings. The molecule has 3 heteroatoms. The predicted octanol–water partition coefficient (Wildman–Crippen LogP) is 3.69. The summed E-state index contributed by atoms with van der Waals surface area (Å²) in [6.07, 6.45) is -0.584. The first kappa shape index (κ1) is 14.5. The number of benzene rings is 2. The van der Waals surface area contributed by atoms with Crippen molar-refractivity contribution in [1.29, 1.82) is 0 Å². The summed E-state index contributed by atoms with van der Waals surface area (Å²) in [5.74, 6) is -0.258. The van der Waals surface area contributed by atoms with E-state index in [0.717, 1.165) is 16.8 Å². The fourth-order valence-electron chi connectivity index (χ4n) is 2.36. The minimum atomic E-state index is -0.584. The van der Waals surface area contributed by atoms with E-state index >= 15 is 0 Å². The Morgan fingerprint density at radius 1 is 1.15 bits per heavy atom. The van der Waals surface area contributed by atoms with Crippen LogP contribution in [-0.4, -0.2) is 18.2 Å². The Balaban J connectivity index is 2.16. The van der Waals surface area contributed by atoms with Gasteiger partial charge in [0, 0.05) is 18.8 Å². The van der Waals surface area contributed by atoms with Gasteiger partial charge in [0.25, 0.3) is 0 Å². The maximum atomic E-state index is 13.3. The van der Waals surface area contributed by atoms with Crippen molar-refractivity contribution in [3.8, 4) is 0 Å². The Morgan fingerprint density at radius 2 is 1.90 bits per heavy atom. The zero-order valence-corrected chi connectivity index (χ0v) is 11.9. The largest absolute Gasteiger partial charge is 0.387 e. The summed E-state index contributed by atoms with van der Waals surface area (Å²) in [6, 6.07) is 14.3. The quantitative estimate of drug-likeness (QED) is 0.898. The molecule has 2 nitrogen and oxygen atoms in total. The van der Waals surface area contributed by atoms with E-state index in [0.29, 0.717) is 13.1 Å². The predicted molar refractivity (Wildman–Crippen MR) is 80.4 cm³/mol. The topological polar surface area (TPSA) is 23.5 Å². The van der Waals surface area contributed by atoms with Gasteiger partial charge in [-0.3, -0.25) is 0 Å². The summed E-state index contributed by atoms with van der Waals surface area (Å²) >= 11 is 0. The standard InChI is InChI=1S/C17H20FNO/c1-3-19(15-9-6-8-14(18)11-15)12-17(20)16-10-5-4-7-13(16)2/h4-11,17,20H,3,12H2,1-2H3. The third kappa shape index (κ3) is 3.36. The van der Waals surface area contributed by atoms with Crippen LogP contribution in [0.4, 0.5) is 10.1 Å². The highest BCUT2D eigenvalue weighted by Crippen LogP contribution is 2.22. The third-order valence-corrected chi connectivity index (χ3v) is 3.50. The lowest BCUT2D eigenvalue weighted by atomic mass is 10.0. The number of halogens is 1. The molecule has 2 aromatic rings. The minimum Gasteiger partial charge on any atom is -0.387 e. The second-order valence-electron chi connectivity index (χ2n) is 4.89. The van der Waals surface area contributed by atoms with Crippen LogP contribution in [0.2, 0.25) is 0 Å². The normalized spacial score (nSPS) is 12.2. The number of anilines is 1. The summed E-state index contributed by atoms with van der Waals surface area (Å²) in [5, 5.41) is 10.4. The van der Waals surface area contributed by atoms with Crippen molar-refractivity contribution >= 4 is 5.69 Å². The van der Waals surface area contributed by atoms with Crippen molar-refractivity contribution in [2.24, 2.45) is 0 Å². The smallest absolute Gasteiger partial charge is 0.125 e. The molecule has 0 aromatic heterocycles. The fraction of sp³-hybridized carbons (Fsp3) is 0.294. The molecular weight excluding hydrogens is 253 g/mol. The zero-order valence-electron chi connectivity index (χ0n) is 11.9. The molecule has 0 heterocycles. The molecule has 0 aliphatic heterocycles. The summed E-state index contributed by atoms with van der Waals surface area (Å²) < 4.78 is 13.3. The van der Waals surface area contributed by atoms with Crippen molar-refractivity contribution in [3.63, 3.8) is 0 Å². The van der Waals surface area contributed by atoms with E-state index in [1.165, 1.54) is 12.1 Å². The van der Waals surface area contributed by atoms with Crippen LogP contribution in [-0.2, 0) is 0 Å². The van der Waals surface area contributed by atoms with Gasteiger partial charge in [-0.15, -0.1) is 0 Å². The third-order valence-electron chi connectivity index (χ3n) is 3.50. The molecule has 20 heavy (non-hydrogen) atoms. The lowest BCUT2D eigenvalue weighted by molar-refractivity contribution is 0.183. The Labute approximate surface area is 119 Å². The van der Waals surface area contributed by atoms with Crippen LogP contribution in [0.1, 0.15) is 24.2 Å². The Bertz CT molecular complexity index is 570. The van der Waals surface area contributed by atoms with Crippen molar-refractivity contribution in [2.45, 2.75) is 20.0 Å². The van der Waals surface area contributed by atoms with Gasteiger partial charge in [0.1, 0.15) is 5.82 Å². The van der Waals surface area contributed by atoms with Crippen LogP contribution in [0.15, 0.2) is 48.5 Å². The van der Waals surface area contributed by atoms with Crippen LogP contribution < -0.4 is 4.90 Å². The fourth-order valence-corrected chi connectivity index (χ4v) is 2.36. The number of rotatable bonds is 5. The Morgan fingerprint density at radius 3 is 2.55 bits per heavy atom. The van der Waals surface area contributed by atoms with E-state index in [2.05, 4.69) is 0 Å². The second-order valence-corrected chi connectivity index (χ2v) is 4.89. The molecule has 1 atom stereocenters. The Kier molecular flexibility index (Phi) is 4.74. The van der Waals surface area contributed by atoms with Gasteiger partial charge < -0.3 is 10.0 Å². The van der Waals surface area contributed by atoms with Crippen LogP contribution in [0.25, 0.3) is 0 Å².